The van der Waals surface area contributed by atoms with Crippen LogP contribution < -0.4 is 11.1 Å². The fourth-order valence-electron chi connectivity index (χ4n) is 4.83. The molecule has 4 heterocycles. The molecular formula is C26H23F4N7O3. The van der Waals surface area contributed by atoms with E-state index in [2.05, 4.69) is 25.4 Å². The topological polar surface area (TPSA) is 149 Å². The molecule has 0 radical (unpaired) electrons. The van der Waals surface area contributed by atoms with Crippen molar-refractivity contribution in [1.82, 2.24) is 24.7 Å². The molecule has 1 aromatic carbocycles. The summed E-state index contributed by atoms with van der Waals surface area (Å²) >= 11 is 0. The standard InChI is InChI=1S/C26H23F4N7O3/c1-25(14-6-3-13(4-7-14)5-8-17(38)39)18-20(31)33-22(34-21(18)35-24(25)40)19-16-11-15(27)12-32-23(16)37(36-19)10-2-9-26(28,29)30/h3-4,6-7,11-12H,2,5,8-10H2,1H3,(H,38,39)(H3,31,33,34,35,40)/t25-/m1/s1. The number of hydrogen-bond donors (Lipinski definition) is 3. The average Bonchev–Trinajstić information content (AvgIpc) is 3.36. The number of alkyl halides is 3. The van der Waals surface area contributed by atoms with Crippen LogP contribution in [0.2, 0.25) is 0 Å². The van der Waals surface area contributed by atoms with Gasteiger partial charge in [-0.3, -0.25) is 9.59 Å². The summed E-state index contributed by atoms with van der Waals surface area (Å²) in [5, 5.41) is 16.1. The molecule has 0 bridgehead atoms. The summed E-state index contributed by atoms with van der Waals surface area (Å²) in [6.07, 6.45) is -4.41. The van der Waals surface area contributed by atoms with Crippen LogP contribution in [0.3, 0.4) is 0 Å². The number of anilines is 2. The van der Waals surface area contributed by atoms with Gasteiger partial charge in [-0.15, -0.1) is 0 Å². The highest BCUT2D eigenvalue weighted by molar-refractivity contribution is 6.09. The minimum Gasteiger partial charge on any atom is -0.481 e. The summed E-state index contributed by atoms with van der Waals surface area (Å²) in [5.41, 5.74) is 6.96. The van der Waals surface area contributed by atoms with Gasteiger partial charge in [0.2, 0.25) is 5.91 Å². The Bertz CT molecular complexity index is 1640. The van der Waals surface area contributed by atoms with Crippen LogP contribution in [0.5, 0.6) is 0 Å². The number of carbonyl (C=O) groups is 2. The van der Waals surface area contributed by atoms with Crippen LogP contribution >= 0.6 is 0 Å². The quantitative estimate of drug-likeness (QED) is 0.273. The number of halogens is 4. The van der Waals surface area contributed by atoms with Gasteiger partial charge < -0.3 is 16.2 Å². The first-order valence-electron chi connectivity index (χ1n) is 12.3. The van der Waals surface area contributed by atoms with Crippen molar-refractivity contribution >= 4 is 34.5 Å². The lowest BCUT2D eigenvalue weighted by atomic mass is 9.77. The second-order valence-electron chi connectivity index (χ2n) is 9.64. The first-order chi connectivity index (χ1) is 18.9. The molecule has 5 rings (SSSR count). The number of rotatable bonds is 8. The lowest BCUT2D eigenvalue weighted by molar-refractivity contribution is -0.137. The fraction of sp³-hybridized carbons (Fsp3) is 0.308. The summed E-state index contributed by atoms with van der Waals surface area (Å²) in [6, 6.07) is 8.03. The van der Waals surface area contributed by atoms with Crippen molar-refractivity contribution in [3.05, 3.63) is 59.0 Å². The van der Waals surface area contributed by atoms with Crippen molar-refractivity contribution in [1.29, 1.82) is 0 Å². The second-order valence-corrected chi connectivity index (χ2v) is 9.64. The van der Waals surface area contributed by atoms with Gasteiger partial charge in [0.15, 0.2) is 11.5 Å². The van der Waals surface area contributed by atoms with Crippen molar-refractivity contribution in [2.24, 2.45) is 0 Å². The average molecular weight is 558 g/mol. The summed E-state index contributed by atoms with van der Waals surface area (Å²) < 4.78 is 53.4. The summed E-state index contributed by atoms with van der Waals surface area (Å²) in [7, 11) is 0. The van der Waals surface area contributed by atoms with Gasteiger partial charge in [0.05, 0.1) is 17.1 Å². The molecule has 0 saturated carbocycles. The van der Waals surface area contributed by atoms with Gasteiger partial charge in [-0.25, -0.2) is 24.0 Å². The molecule has 1 atom stereocenters. The molecule has 0 saturated heterocycles. The Labute approximate surface area is 224 Å². The molecule has 1 aliphatic rings. The van der Waals surface area contributed by atoms with Gasteiger partial charge in [-0.05, 0) is 37.0 Å². The zero-order chi connectivity index (χ0) is 28.8. The molecule has 3 aromatic heterocycles. The molecule has 0 unspecified atom stereocenters. The van der Waals surface area contributed by atoms with E-state index in [1.54, 1.807) is 31.2 Å². The third-order valence-corrected chi connectivity index (χ3v) is 6.88. The van der Waals surface area contributed by atoms with Gasteiger partial charge in [-0.2, -0.15) is 18.3 Å². The molecule has 4 aromatic rings. The molecule has 1 amide bonds. The predicted molar refractivity (Wildman–Crippen MR) is 136 cm³/mol. The van der Waals surface area contributed by atoms with Crippen LogP contribution in [-0.2, 0) is 28.0 Å². The fourth-order valence-corrected chi connectivity index (χ4v) is 4.83. The van der Waals surface area contributed by atoms with Crippen LogP contribution in [0.15, 0.2) is 36.5 Å². The number of benzene rings is 1. The van der Waals surface area contributed by atoms with Gasteiger partial charge in [-0.1, -0.05) is 24.3 Å². The van der Waals surface area contributed by atoms with Crippen molar-refractivity contribution in [2.45, 2.75) is 50.7 Å². The largest absolute Gasteiger partial charge is 0.481 e. The minimum absolute atomic E-state index is 0.0321. The van der Waals surface area contributed by atoms with E-state index in [-0.39, 0.29) is 53.6 Å². The molecule has 0 fully saturated rings. The van der Waals surface area contributed by atoms with E-state index in [1.807, 2.05) is 0 Å². The zero-order valence-corrected chi connectivity index (χ0v) is 21.1. The number of carboxylic acid groups (broad SMARTS) is 1. The highest BCUT2D eigenvalue weighted by atomic mass is 19.4. The number of nitrogen functional groups attached to an aromatic ring is 1. The summed E-state index contributed by atoms with van der Waals surface area (Å²) in [5.74, 6) is -2.01. The number of nitrogens with two attached hydrogens (primary N) is 1. The number of hydrogen-bond acceptors (Lipinski definition) is 7. The molecule has 10 nitrogen and oxygen atoms in total. The summed E-state index contributed by atoms with van der Waals surface area (Å²) in [6.45, 7) is 1.52. The highest BCUT2D eigenvalue weighted by Crippen LogP contribution is 2.45. The number of carboxylic acids is 1. The summed E-state index contributed by atoms with van der Waals surface area (Å²) in [4.78, 5) is 36.9. The molecular weight excluding hydrogens is 534 g/mol. The van der Waals surface area contributed by atoms with Gasteiger partial charge in [0.1, 0.15) is 28.6 Å². The number of pyridine rings is 1. The molecule has 1 aliphatic heterocycles. The Morgan fingerprint density at radius 1 is 1.20 bits per heavy atom. The maximum Gasteiger partial charge on any atom is 0.389 e. The second kappa shape index (κ2) is 9.84. The number of nitrogens with zero attached hydrogens (tertiary/aromatic N) is 5. The van der Waals surface area contributed by atoms with E-state index in [4.69, 9.17) is 10.8 Å². The van der Waals surface area contributed by atoms with E-state index >= 15 is 0 Å². The van der Waals surface area contributed by atoms with Crippen LogP contribution in [0.25, 0.3) is 22.6 Å². The Morgan fingerprint density at radius 3 is 2.60 bits per heavy atom. The maximum atomic E-state index is 14.1. The number of amides is 1. The molecule has 14 heteroatoms. The van der Waals surface area contributed by atoms with E-state index in [0.29, 0.717) is 17.5 Å². The Kier molecular flexibility index (Phi) is 6.64. The number of carbonyl (C=O) groups excluding carboxylic acids is 1. The lowest BCUT2D eigenvalue weighted by Crippen LogP contribution is -2.33. The molecule has 0 spiro atoms. The third-order valence-electron chi connectivity index (χ3n) is 6.88. The normalized spacial score (nSPS) is 16.8. The molecule has 0 aliphatic carbocycles. The number of aliphatic carboxylic acids is 1. The Hall–Kier alpha value is -4.62. The number of aryl methyl sites for hydroxylation is 2. The Morgan fingerprint density at radius 2 is 1.93 bits per heavy atom. The van der Waals surface area contributed by atoms with E-state index in [0.717, 1.165) is 17.8 Å². The molecule has 4 N–H and O–H groups in total. The SMILES string of the molecule is C[C@]1(c2ccc(CCC(=O)O)cc2)C(=O)Nc2nc(-c3nn(CCCC(F)(F)F)c4ncc(F)cc34)nc(N)c21. The first kappa shape index (κ1) is 27.0. The van der Waals surface area contributed by atoms with E-state index in [9.17, 15) is 27.2 Å². The van der Waals surface area contributed by atoms with Crippen molar-refractivity contribution in [2.75, 3.05) is 11.1 Å². The highest BCUT2D eigenvalue weighted by Gasteiger charge is 2.47. The van der Waals surface area contributed by atoms with Gasteiger partial charge in [0.25, 0.3) is 0 Å². The monoisotopic (exact) mass is 557 g/mol. The van der Waals surface area contributed by atoms with Crippen molar-refractivity contribution in [3.63, 3.8) is 0 Å². The predicted octanol–water partition coefficient (Wildman–Crippen LogP) is 4.23. The Balaban J connectivity index is 1.53. The van der Waals surface area contributed by atoms with Crippen LogP contribution in [-0.4, -0.2) is 47.9 Å². The maximum absolute atomic E-state index is 14.1. The first-order valence-corrected chi connectivity index (χ1v) is 12.3. The van der Waals surface area contributed by atoms with E-state index in [1.165, 1.54) is 4.68 Å². The van der Waals surface area contributed by atoms with Crippen LogP contribution in [0.4, 0.5) is 29.2 Å². The number of fused-ring (bicyclic) bond motifs is 2. The number of nitrogens with one attached hydrogen (secondary N) is 1. The lowest BCUT2D eigenvalue weighted by Gasteiger charge is -2.23. The smallest absolute Gasteiger partial charge is 0.389 e. The molecule has 208 valence electrons. The van der Waals surface area contributed by atoms with Crippen LogP contribution in [0.1, 0.15) is 42.9 Å². The molecule has 40 heavy (non-hydrogen) atoms. The number of aromatic nitrogens is 5. The van der Waals surface area contributed by atoms with Crippen LogP contribution in [0, 0.1) is 5.82 Å². The van der Waals surface area contributed by atoms with Gasteiger partial charge in [0, 0.05) is 19.4 Å². The third kappa shape index (κ3) is 4.92. The minimum atomic E-state index is -4.34. The van der Waals surface area contributed by atoms with E-state index < -0.39 is 35.7 Å². The van der Waals surface area contributed by atoms with Gasteiger partial charge >= 0.3 is 12.1 Å². The van der Waals surface area contributed by atoms with Crippen molar-refractivity contribution < 1.29 is 32.3 Å². The van der Waals surface area contributed by atoms with Crippen molar-refractivity contribution in [3.8, 4) is 11.5 Å². The zero-order valence-electron chi connectivity index (χ0n) is 21.1.